The van der Waals surface area contributed by atoms with Crippen molar-refractivity contribution in [1.82, 2.24) is 9.97 Å². The maximum atomic E-state index is 5.76. The topological polar surface area (TPSA) is 55.0 Å². The van der Waals surface area contributed by atoms with Gasteiger partial charge in [-0.2, -0.15) is 0 Å². The Morgan fingerprint density at radius 3 is 2.87 bits per heavy atom. The number of nitrogens with zero attached hydrogens (tertiary/aromatic N) is 3. The van der Waals surface area contributed by atoms with Gasteiger partial charge in [0.15, 0.2) is 0 Å². The standard InChI is InChI=1S/C11H18N4/c1-8(12)6-15(2)11-5-10(9-3-4-9)13-7-14-11/h5,7-9H,3-4,6,12H2,1-2H3. The van der Waals surface area contributed by atoms with Crippen LogP contribution in [0.2, 0.25) is 0 Å². The Hall–Kier alpha value is -1.16. The van der Waals surface area contributed by atoms with E-state index in [0.717, 1.165) is 12.4 Å². The molecule has 1 aromatic rings. The van der Waals surface area contributed by atoms with E-state index in [0.29, 0.717) is 5.92 Å². The van der Waals surface area contributed by atoms with E-state index in [1.807, 2.05) is 14.0 Å². The maximum absolute atomic E-state index is 5.76. The van der Waals surface area contributed by atoms with Crippen LogP contribution in [0, 0.1) is 0 Å². The highest BCUT2D eigenvalue weighted by atomic mass is 15.2. The van der Waals surface area contributed by atoms with Gasteiger partial charge in [0.1, 0.15) is 12.1 Å². The summed E-state index contributed by atoms with van der Waals surface area (Å²) in [5, 5.41) is 0. The van der Waals surface area contributed by atoms with E-state index in [4.69, 9.17) is 5.73 Å². The summed E-state index contributed by atoms with van der Waals surface area (Å²) in [6, 6.07) is 2.24. The molecule has 0 bridgehead atoms. The number of rotatable bonds is 4. The highest BCUT2D eigenvalue weighted by Gasteiger charge is 2.25. The minimum atomic E-state index is 0.161. The lowest BCUT2D eigenvalue weighted by atomic mass is 10.2. The van der Waals surface area contributed by atoms with Gasteiger partial charge in [-0.1, -0.05) is 0 Å². The highest BCUT2D eigenvalue weighted by Crippen LogP contribution is 2.39. The van der Waals surface area contributed by atoms with Gasteiger partial charge in [0.05, 0.1) is 0 Å². The molecule has 4 nitrogen and oxygen atoms in total. The van der Waals surface area contributed by atoms with Crippen molar-refractivity contribution in [1.29, 1.82) is 0 Å². The van der Waals surface area contributed by atoms with Crippen molar-refractivity contribution in [2.24, 2.45) is 5.73 Å². The zero-order valence-electron chi connectivity index (χ0n) is 9.35. The fraction of sp³-hybridized carbons (Fsp3) is 0.636. The monoisotopic (exact) mass is 206 g/mol. The lowest BCUT2D eigenvalue weighted by Gasteiger charge is -2.20. The first-order valence-corrected chi connectivity index (χ1v) is 5.45. The van der Waals surface area contributed by atoms with Crippen molar-refractivity contribution in [2.75, 3.05) is 18.5 Å². The number of hydrogen-bond donors (Lipinski definition) is 1. The molecule has 4 heteroatoms. The summed E-state index contributed by atoms with van der Waals surface area (Å²) in [6.45, 7) is 2.82. The van der Waals surface area contributed by atoms with Gasteiger partial charge in [-0.25, -0.2) is 9.97 Å². The Kier molecular flexibility index (Phi) is 2.86. The normalized spacial score (nSPS) is 17.5. The molecule has 1 saturated carbocycles. The Morgan fingerprint density at radius 1 is 1.53 bits per heavy atom. The molecule has 1 aliphatic rings. The predicted octanol–water partition coefficient (Wildman–Crippen LogP) is 1.14. The molecule has 0 radical (unpaired) electrons. The molecule has 0 amide bonds. The molecule has 0 aliphatic heterocycles. The number of aromatic nitrogens is 2. The Morgan fingerprint density at radius 2 is 2.27 bits per heavy atom. The van der Waals surface area contributed by atoms with Crippen LogP contribution in [0.3, 0.4) is 0 Å². The molecule has 0 aromatic carbocycles. The van der Waals surface area contributed by atoms with Crippen LogP contribution in [0.25, 0.3) is 0 Å². The molecule has 2 rings (SSSR count). The van der Waals surface area contributed by atoms with Crippen LogP contribution in [0.4, 0.5) is 5.82 Å². The summed E-state index contributed by atoms with van der Waals surface area (Å²) < 4.78 is 0. The van der Waals surface area contributed by atoms with Crippen molar-refractivity contribution in [3.63, 3.8) is 0 Å². The third-order valence-electron chi connectivity index (χ3n) is 2.62. The quantitative estimate of drug-likeness (QED) is 0.802. The second kappa shape index (κ2) is 4.14. The summed E-state index contributed by atoms with van der Waals surface area (Å²) in [7, 11) is 2.02. The molecular weight excluding hydrogens is 188 g/mol. The molecule has 1 fully saturated rings. The molecule has 1 unspecified atom stereocenters. The Labute approximate surface area is 90.5 Å². The minimum absolute atomic E-state index is 0.161. The first-order valence-electron chi connectivity index (χ1n) is 5.45. The first kappa shape index (κ1) is 10.4. The van der Waals surface area contributed by atoms with E-state index in [1.165, 1.54) is 18.5 Å². The summed E-state index contributed by atoms with van der Waals surface area (Å²) in [5.41, 5.74) is 6.93. The average Bonchev–Trinajstić information content (AvgIpc) is 3.00. The summed E-state index contributed by atoms with van der Waals surface area (Å²) in [5.74, 6) is 1.65. The SMILES string of the molecule is CC(N)CN(C)c1cc(C2CC2)ncn1. The van der Waals surface area contributed by atoms with E-state index < -0.39 is 0 Å². The number of anilines is 1. The molecule has 15 heavy (non-hydrogen) atoms. The highest BCUT2D eigenvalue weighted by molar-refractivity contribution is 5.39. The molecule has 1 heterocycles. The molecule has 1 aliphatic carbocycles. The molecule has 1 atom stereocenters. The van der Waals surface area contributed by atoms with Crippen LogP contribution in [-0.2, 0) is 0 Å². The van der Waals surface area contributed by atoms with Crippen molar-refractivity contribution >= 4 is 5.82 Å². The van der Waals surface area contributed by atoms with Gasteiger partial charge in [0, 0.05) is 37.3 Å². The molecular formula is C11H18N4. The molecule has 0 saturated heterocycles. The molecule has 0 spiro atoms. The smallest absolute Gasteiger partial charge is 0.131 e. The summed E-state index contributed by atoms with van der Waals surface area (Å²) in [6.07, 6.45) is 4.20. The number of nitrogens with two attached hydrogens (primary N) is 1. The summed E-state index contributed by atoms with van der Waals surface area (Å²) in [4.78, 5) is 10.6. The Bertz CT molecular complexity index is 333. The van der Waals surface area contributed by atoms with Gasteiger partial charge in [0.25, 0.3) is 0 Å². The van der Waals surface area contributed by atoms with Crippen LogP contribution >= 0.6 is 0 Å². The number of hydrogen-bond acceptors (Lipinski definition) is 4. The van der Waals surface area contributed by atoms with E-state index in [-0.39, 0.29) is 6.04 Å². The van der Waals surface area contributed by atoms with Crippen molar-refractivity contribution < 1.29 is 0 Å². The van der Waals surface area contributed by atoms with Crippen molar-refractivity contribution in [2.45, 2.75) is 31.7 Å². The Balaban J connectivity index is 2.09. The molecule has 82 valence electrons. The van der Waals surface area contributed by atoms with Crippen LogP contribution in [0.5, 0.6) is 0 Å². The van der Waals surface area contributed by atoms with Gasteiger partial charge in [0.2, 0.25) is 0 Å². The predicted molar refractivity (Wildman–Crippen MR) is 60.9 cm³/mol. The van der Waals surface area contributed by atoms with Crippen LogP contribution < -0.4 is 10.6 Å². The number of likely N-dealkylation sites (N-methyl/N-ethyl adjacent to an activating group) is 1. The summed E-state index contributed by atoms with van der Waals surface area (Å²) >= 11 is 0. The lowest BCUT2D eigenvalue weighted by molar-refractivity contribution is 0.710. The third-order valence-corrected chi connectivity index (χ3v) is 2.62. The van der Waals surface area contributed by atoms with Gasteiger partial charge in [-0.15, -0.1) is 0 Å². The molecule has 2 N–H and O–H groups in total. The maximum Gasteiger partial charge on any atom is 0.131 e. The second-order valence-electron chi connectivity index (χ2n) is 4.43. The third kappa shape index (κ3) is 2.65. The van der Waals surface area contributed by atoms with Gasteiger partial charge >= 0.3 is 0 Å². The molecule has 1 aromatic heterocycles. The van der Waals surface area contributed by atoms with E-state index in [2.05, 4.69) is 20.9 Å². The first-order chi connectivity index (χ1) is 7.16. The van der Waals surface area contributed by atoms with Crippen LogP contribution in [0.15, 0.2) is 12.4 Å². The average molecular weight is 206 g/mol. The van der Waals surface area contributed by atoms with E-state index in [1.54, 1.807) is 6.33 Å². The van der Waals surface area contributed by atoms with E-state index in [9.17, 15) is 0 Å². The largest absolute Gasteiger partial charge is 0.358 e. The van der Waals surface area contributed by atoms with Crippen molar-refractivity contribution in [3.05, 3.63) is 18.1 Å². The minimum Gasteiger partial charge on any atom is -0.358 e. The van der Waals surface area contributed by atoms with Crippen molar-refractivity contribution in [3.8, 4) is 0 Å². The van der Waals surface area contributed by atoms with Gasteiger partial charge in [-0.3, -0.25) is 0 Å². The second-order valence-corrected chi connectivity index (χ2v) is 4.43. The fourth-order valence-corrected chi connectivity index (χ4v) is 1.70. The zero-order chi connectivity index (χ0) is 10.8. The van der Waals surface area contributed by atoms with Gasteiger partial charge < -0.3 is 10.6 Å². The van der Waals surface area contributed by atoms with Crippen LogP contribution in [0.1, 0.15) is 31.4 Å². The van der Waals surface area contributed by atoms with Crippen LogP contribution in [-0.4, -0.2) is 29.6 Å². The van der Waals surface area contributed by atoms with Gasteiger partial charge in [-0.05, 0) is 19.8 Å². The fourth-order valence-electron chi connectivity index (χ4n) is 1.70. The zero-order valence-corrected chi connectivity index (χ0v) is 9.35. The lowest BCUT2D eigenvalue weighted by Crippen LogP contribution is -2.33. The van der Waals surface area contributed by atoms with E-state index >= 15 is 0 Å².